The van der Waals surface area contributed by atoms with E-state index < -0.39 is 21.8 Å². The Morgan fingerprint density at radius 3 is 2.67 bits per heavy atom. The van der Waals surface area contributed by atoms with Crippen LogP contribution in [0.4, 0.5) is 0 Å². The standard InChI is InChI=1S/C8H16N2O4S/c1-9-7(8(11)12)4-10-6-2-3-15(13,14)5-6/h6-7,9-10H,2-5H2,1H3,(H,11,12). The molecular formula is C8H16N2O4S. The quantitative estimate of drug-likeness (QED) is 0.534. The number of aliphatic carboxylic acids is 1. The lowest BCUT2D eigenvalue weighted by atomic mass is 10.2. The lowest BCUT2D eigenvalue weighted by molar-refractivity contribution is -0.139. The number of carbonyl (C=O) groups is 1. The van der Waals surface area contributed by atoms with Gasteiger partial charge in [0.25, 0.3) is 0 Å². The highest BCUT2D eigenvalue weighted by Gasteiger charge is 2.28. The smallest absolute Gasteiger partial charge is 0.322 e. The second-order valence-electron chi connectivity index (χ2n) is 3.69. The van der Waals surface area contributed by atoms with Crippen LogP contribution < -0.4 is 10.6 Å². The van der Waals surface area contributed by atoms with E-state index in [1.54, 1.807) is 7.05 Å². The Balaban J connectivity index is 2.35. The van der Waals surface area contributed by atoms with Crippen molar-refractivity contribution in [2.24, 2.45) is 0 Å². The van der Waals surface area contributed by atoms with Gasteiger partial charge in [0.1, 0.15) is 6.04 Å². The summed E-state index contributed by atoms with van der Waals surface area (Å²) < 4.78 is 22.2. The predicted molar refractivity (Wildman–Crippen MR) is 55.5 cm³/mol. The van der Waals surface area contributed by atoms with E-state index in [1.165, 1.54) is 0 Å². The van der Waals surface area contributed by atoms with Crippen LogP contribution in [0.25, 0.3) is 0 Å². The molecule has 1 heterocycles. The van der Waals surface area contributed by atoms with Crippen LogP contribution >= 0.6 is 0 Å². The molecule has 1 rings (SSSR count). The molecule has 0 aromatic rings. The molecule has 0 radical (unpaired) electrons. The second-order valence-corrected chi connectivity index (χ2v) is 5.92. The molecule has 88 valence electrons. The molecule has 6 nitrogen and oxygen atoms in total. The maximum atomic E-state index is 11.1. The van der Waals surface area contributed by atoms with Crippen molar-refractivity contribution in [3.05, 3.63) is 0 Å². The van der Waals surface area contributed by atoms with Gasteiger partial charge in [-0.1, -0.05) is 0 Å². The van der Waals surface area contributed by atoms with Crippen molar-refractivity contribution >= 4 is 15.8 Å². The summed E-state index contributed by atoms with van der Waals surface area (Å²) >= 11 is 0. The van der Waals surface area contributed by atoms with Gasteiger partial charge in [-0.2, -0.15) is 0 Å². The minimum atomic E-state index is -2.90. The van der Waals surface area contributed by atoms with Crippen molar-refractivity contribution in [2.75, 3.05) is 25.1 Å². The van der Waals surface area contributed by atoms with Crippen LogP contribution in [-0.4, -0.2) is 56.7 Å². The number of sulfone groups is 1. The first kappa shape index (κ1) is 12.4. The third kappa shape index (κ3) is 3.77. The molecule has 0 aromatic carbocycles. The lowest BCUT2D eigenvalue weighted by Crippen LogP contribution is -2.46. The van der Waals surface area contributed by atoms with E-state index in [2.05, 4.69) is 10.6 Å². The average molecular weight is 236 g/mol. The molecule has 3 N–H and O–H groups in total. The zero-order valence-corrected chi connectivity index (χ0v) is 9.38. The van der Waals surface area contributed by atoms with Gasteiger partial charge in [-0.15, -0.1) is 0 Å². The largest absolute Gasteiger partial charge is 0.480 e. The fourth-order valence-corrected chi connectivity index (χ4v) is 3.26. The van der Waals surface area contributed by atoms with Crippen LogP contribution in [-0.2, 0) is 14.6 Å². The number of hydrogen-bond acceptors (Lipinski definition) is 5. The fourth-order valence-electron chi connectivity index (χ4n) is 1.55. The van der Waals surface area contributed by atoms with Crippen LogP contribution in [0.2, 0.25) is 0 Å². The molecule has 1 aliphatic heterocycles. The molecule has 2 atom stereocenters. The van der Waals surface area contributed by atoms with Crippen molar-refractivity contribution in [1.82, 2.24) is 10.6 Å². The summed E-state index contributed by atoms with van der Waals surface area (Å²) in [7, 11) is -1.34. The summed E-state index contributed by atoms with van der Waals surface area (Å²) in [6.45, 7) is 0.242. The van der Waals surface area contributed by atoms with Gasteiger partial charge >= 0.3 is 5.97 Å². The maximum Gasteiger partial charge on any atom is 0.322 e. The SMILES string of the molecule is CNC(CNC1CCS(=O)(=O)C1)C(=O)O. The molecule has 0 spiro atoms. The molecule has 0 saturated carbocycles. The number of rotatable bonds is 5. The Hall–Kier alpha value is -0.660. The molecule has 1 saturated heterocycles. The molecule has 0 aliphatic carbocycles. The van der Waals surface area contributed by atoms with Crippen LogP contribution in [0.15, 0.2) is 0 Å². The molecule has 0 aromatic heterocycles. The van der Waals surface area contributed by atoms with Gasteiger partial charge in [0.05, 0.1) is 11.5 Å². The van der Waals surface area contributed by atoms with Crippen molar-refractivity contribution in [2.45, 2.75) is 18.5 Å². The van der Waals surface area contributed by atoms with E-state index in [9.17, 15) is 13.2 Å². The third-order valence-corrected chi connectivity index (χ3v) is 4.26. The zero-order valence-electron chi connectivity index (χ0n) is 8.56. The molecule has 0 amide bonds. The van der Waals surface area contributed by atoms with E-state index in [0.717, 1.165) is 0 Å². The number of hydrogen-bond donors (Lipinski definition) is 3. The Bertz CT molecular complexity index is 328. The first-order valence-electron chi connectivity index (χ1n) is 4.78. The third-order valence-electron chi connectivity index (χ3n) is 2.49. The molecule has 0 bridgehead atoms. The lowest BCUT2D eigenvalue weighted by Gasteiger charge is -2.15. The van der Waals surface area contributed by atoms with Crippen LogP contribution in [0.5, 0.6) is 0 Å². The number of nitrogens with one attached hydrogen (secondary N) is 2. The fraction of sp³-hybridized carbons (Fsp3) is 0.875. The molecule has 7 heteroatoms. The minimum absolute atomic E-state index is 0.106. The van der Waals surface area contributed by atoms with Crippen LogP contribution in [0, 0.1) is 0 Å². The van der Waals surface area contributed by atoms with Crippen LogP contribution in [0.3, 0.4) is 0 Å². The summed E-state index contributed by atoms with van der Waals surface area (Å²) in [5.74, 6) is -0.628. The van der Waals surface area contributed by atoms with Crippen molar-refractivity contribution in [3.8, 4) is 0 Å². The highest BCUT2D eigenvalue weighted by atomic mass is 32.2. The first-order valence-corrected chi connectivity index (χ1v) is 6.60. The second kappa shape index (κ2) is 4.91. The summed E-state index contributed by atoms with van der Waals surface area (Å²) in [5, 5.41) is 14.3. The van der Waals surface area contributed by atoms with Crippen molar-refractivity contribution in [1.29, 1.82) is 0 Å². The Labute approximate surface area is 89.0 Å². The molecule has 15 heavy (non-hydrogen) atoms. The van der Waals surface area contributed by atoms with Crippen LogP contribution in [0.1, 0.15) is 6.42 Å². The number of carboxylic acid groups (broad SMARTS) is 1. The van der Waals surface area contributed by atoms with E-state index in [-0.39, 0.29) is 24.1 Å². The van der Waals surface area contributed by atoms with Gasteiger partial charge in [0, 0.05) is 12.6 Å². The topological polar surface area (TPSA) is 95.5 Å². The monoisotopic (exact) mass is 236 g/mol. The highest BCUT2D eigenvalue weighted by Crippen LogP contribution is 2.10. The van der Waals surface area contributed by atoms with Gasteiger partial charge in [0.2, 0.25) is 0 Å². The summed E-state index contributed by atoms with van der Waals surface area (Å²) in [6.07, 6.45) is 0.568. The molecule has 1 aliphatic rings. The summed E-state index contributed by atoms with van der Waals surface area (Å²) in [5.41, 5.74) is 0. The number of likely N-dealkylation sites (N-methyl/N-ethyl adjacent to an activating group) is 1. The molecule has 1 fully saturated rings. The van der Waals surface area contributed by atoms with E-state index >= 15 is 0 Å². The first-order chi connectivity index (χ1) is 6.94. The molecular weight excluding hydrogens is 220 g/mol. The Morgan fingerprint density at radius 1 is 1.60 bits per heavy atom. The van der Waals surface area contributed by atoms with E-state index in [4.69, 9.17) is 5.11 Å². The zero-order chi connectivity index (χ0) is 11.5. The highest BCUT2D eigenvalue weighted by molar-refractivity contribution is 7.91. The van der Waals surface area contributed by atoms with Gasteiger partial charge < -0.3 is 15.7 Å². The number of carboxylic acids is 1. The van der Waals surface area contributed by atoms with Crippen molar-refractivity contribution < 1.29 is 18.3 Å². The summed E-state index contributed by atoms with van der Waals surface area (Å²) in [6, 6.07) is -0.779. The average Bonchev–Trinajstić information content (AvgIpc) is 2.46. The normalized spacial score (nSPS) is 26.3. The van der Waals surface area contributed by atoms with Gasteiger partial charge in [-0.3, -0.25) is 4.79 Å². The Kier molecular flexibility index (Phi) is 4.06. The van der Waals surface area contributed by atoms with Crippen molar-refractivity contribution in [3.63, 3.8) is 0 Å². The van der Waals surface area contributed by atoms with E-state index in [0.29, 0.717) is 6.42 Å². The van der Waals surface area contributed by atoms with Gasteiger partial charge in [-0.25, -0.2) is 8.42 Å². The van der Waals surface area contributed by atoms with Gasteiger partial charge in [0.15, 0.2) is 9.84 Å². The summed E-state index contributed by atoms with van der Waals surface area (Å²) in [4.78, 5) is 10.6. The molecule has 2 unspecified atom stereocenters. The van der Waals surface area contributed by atoms with E-state index in [1.807, 2.05) is 0 Å². The Morgan fingerprint density at radius 2 is 2.27 bits per heavy atom. The predicted octanol–water partition coefficient (Wildman–Crippen LogP) is -1.56. The van der Waals surface area contributed by atoms with Gasteiger partial charge in [-0.05, 0) is 13.5 Å². The minimum Gasteiger partial charge on any atom is -0.480 e. The maximum absolute atomic E-state index is 11.1.